The molecule has 3 saturated carbocycles. The Bertz CT molecular complexity index is 1180. The molecule has 166 valence electrons. The molecule has 2 aromatic rings. The number of nitrogens with one attached hydrogen (secondary N) is 2. The van der Waals surface area contributed by atoms with Crippen LogP contribution < -0.4 is 5.32 Å². The lowest BCUT2D eigenvalue weighted by Crippen LogP contribution is -2.27. The van der Waals surface area contributed by atoms with E-state index in [4.69, 9.17) is 4.78 Å². The van der Waals surface area contributed by atoms with Crippen LogP contribution in [0, 0.1) is 16.1 Å². The van der Waals surface area contributed by atoms with Crippen molar-refractivity contribution in [2.45, 2.75) is 55.8 Å². The quantitative estimate of drug-likeness (QED) is 0.682. The van der Waals surface area contributed by atoms with Gasteiger partial charge < -0.3 is 5.32 Å². The number of hydrogen-bond donors (Lipinski definition) is 2. The van der Waals surface area contributed by atoms with Crippen molar-refractivity contribution in [3.63, 3.8) is 0 Å². The number of hydrogen-bond acceptors (Lipinski definition) is 5. The number of fused-ring (bicyclic) bond motifs is 1. The van der Waals surface area contributed by atoms with Crippen molar-refractivity contribution >= 4 is 21.3 Å². The molecule has 0 radical (unpaired) electrons. The first-order valence-corrected chi connectivity index (χ1v) is 12.1. The number of rotatable bonds is 6. The van der Waals surface area contributed by atoms with Crippen LogP contribution in [-0.2, 0) is 22.5 Å². The van der Waals surface area contributed by atoms with Crippen LogP contribution in [0.3, 0.4) is 0 Å². The number of pyridine rings is 1. The molecule has 3 aliphatic carbocycles. The van der Waals surface area contributed by atoms with E-state index in [0.29, 0.717) is 25.3 Å². The maximum atomic E-state index is 14.1. The number of aromatic nitrogens is 3. The number of alkyl halides is 3. The number of anilines is 1. The lowest BCUT2D eigenvalue weighted by atomic mass is 9.85. The summed E-state index contributed by atoms with van der Waals surface area (Å²) in [4.78, 5) is 17.0. The van der Waals surface area contributed by atoms with Crippen molar-refractivity contribution in [3.8, 4) is 0 Å². The van der Waals surface area contributed by atoms with E-state index in [1.54, 1.807) is 0 Å². The molecule has 3 aliphatic rings. The molecular weight excluding hydrogens is 431 g/mol. The van der Waals surface area contributed by atoms with E-state index in [2.05, 4.69) is 15.4 Å². The molecule has 5 rings (SSSR count). The molecule has 0 saturated heterocycles. The number of halogens is 3. The maximum Gasteiger partial charge on any atom is 0.420 e. The summed E-state index contributed by atoms with van der Waals surface area (Å²) < 4.78 is 63.0. The molecule has 31 heavy (non-hydrogen) atoms. The van der Waals surface area contributed by atoms with Crippen molar-refractivity contribution in [1.82, 2.24) is 14.8 Å². The van der Waals surface area contributed by atoms with Crippen LogP contribution in [0.2, 0.25) is 0 Å². The van der Waals surface area contributed by atoms with Gasteiger partial charge in [-0.3, -0.25) is 9.48 Å². The smallest absolute Gasteiger partial charge is 0.320 e. The Hall–Kier alpha value is -2.43. The number of amides is 1. The van der Waals surface area contributed by atoms with E-state index in [1.165, 1.54) is 29.3 Å². The molecule has 2 aromatic heterocycles. The summed E-state index contributed by atoms with van der Waals surface area (Å²) >= 11 is 0. The Balaban J connectivity index is 1.54. The first kappa shape index (κ1) is 20.5. The van der Waals surface area contributed by atoms with E-state index in [9.17, 15) is 22.2 Å². The summed E-state index contributed by atoms with van der Waals surface area (Å²) in [6.07, 6.45) is 2.01. The molecule has 2 heterocycles. The predicted molar refractivity (Wildman–Crippen MR) is 106 cm³/mol. The average Bonchev–Trinajstić information content (AvgIpc) is 3.53. The lowest BCUT2D eigenvalue weighted by molar-refractivity contribution is -0.138. The summed E-state index contributed by atoms with van der Waals surface area (Å²) in [7, 11) is -3.14. The highest BCUT2D eigenvalue weighted by Gasteiger charge is 2.61. The Morgan fingerprint density at radius 2 is 2.13 bits per heavy atom. The van der Waals surface area contributed by atoms with Gasteiger partial charge in [0.05, 0.1) is 15.4 Å². The predicted octanol–water partition coefficient (Wildman–Crippen LogP) is 4.26. The van der Waals surface area contributed by atoms with Crippen molar-refractivity contribution < 1.29 is 22.2 Å². The van der Waals surface area contributed by atoms with Crippen LogP contribution in [0.25, 0.3) is 0 Å². The fraction of sp³-hybridized carbons (Fsp3) is 0.550. The second-order valence-electron chi connectivity index (χ2n) is 9.02. The highest BCUT2D eigenvalue weighted by atomic mass is 32.2. The zero-order valence-electron chi connectivity index (χ0n) is 16.8. The van der Waals surface area contributed by atoms with Crippen LogP contribution in [0.1, 0.15) is 59.8 Å². The van der Waals surface area contributed by atoms with Crippen molar-refractivity contribution in [2.24, 2.45) is 11.3 Å². The minimum absolute atomic E-state index is 0.0203. The highest BCUT2D eigenvalue weighted by Crippen LogP contribution is 2.68. The molecule has 0 aliphatic heterocycles. The third-order valence-electron chi connectivity index (χ3n) is 6.65. The van der Waals surface area contributed by atoms with Crippen LogP contribution >= 0.6 is 0 Å². The van der Waals surface area contributed by atoms with Crippen molar-refractivity contribution in [3.05, 3.63) is 35.3 Å². The first-order valence-electron chi connectivity index (χ1n) is 10.2. The molecule has 0 aromatic carbocycles. The highest BCUT2D eigenvalue weighted by molar-refractivity contribution is 7.91. The second kappa shape index (κ2) is 6.54. The third-order valence-corrected chi connectivity index (χ3v) is 7.67. The van der Waals surface area contributed by atoms with Crippen LogP contribution in [0.4, 0.5) is 18.9 Å². The summed E-state index contributed by atoms with van der Waals surface area (Å²) in [6, 6.07) is 2.65. The first-order chi connectivity index (χ1) is 14.5. The lowest BCUT2D eigenvalue weighted by Gasteiger charge is -2.26. The Kier molecular flexibility index (Phi) is 4.32. The third kappa shape index (κ3) is 3.62. The zero-order valence-corrected chi connectivity index (χ0v) is 17.6. The standard InChI is InChI=1S/C20H22F3N5O2S/c1-31(24,30)14-8-13(5-7-25-14)26-18(29)17-15(20(21,22)23)16(11-2-3-11)27-28(17)10-19-6-4-12(19)9-19/h5,7-8,11-12,24H,2-4,6,9-10H2,1H3,(H,25,26,29). The van der Waals surface area contributed by atoms with Crippen molar-refractivity contribution in [1.29, 1.82) is 4.78 Å². The molecule has 0 spiro atoms. The van der Waals surface area contributed by atoms with Gasteiger partial charge in [0.25, 0.3) is 5.91 Å². The topological polar surface area (TPSA) is 101 Å². The molecule has 0 bridgehead atoms. The van der Waals surface area contributed by atoms with Gasteiger partial charge in [0.2, 0.25) is 0 Å². The van der Waals surface area contributed by atoms with Crippen molar-refractivity contribution in [2.75, 3.05) is 11.6 Å². The SMILES string of the molecule is CS(=N)(=O)c1cc(NC(=O)c2c(C(F)(F)F)c(C3CC3)nn2CC23CCC2C3)ccn1. The average molecular weight is 453 g/mol. The number of carbonyl (C=O) groups excluding carboxylic acids is 1. The maximum absolute atomic E-state index is 14.1. The Morgan fingerprint density at radius 3 is 2.65 bits per heavy atom. The largest absolute Gasteiger partial charge is 0.420 e. The van der Waals surface area contributed by atoms with Gasteiger partial charge in [-0.05, 0) is 55.6 Å². The van der Waals surface area contributed by atoms with E-state index in [-0.39, 0.29) is 27.7 Å². The molecular formula is C20H22F3N5O2S. The van der Waals surface area contributed by atoms with Gasteiger partial charge in [0.15, 0.2) is 0 Å². The van der Waals surface area contributed by atoms with Crippen LogP contribution in [0.15, 0.2) is 23.4 Å². The number of carbonyl (C=O) groups is 1. The van der Waals surface area contributed by atoms with Crippen LogP contribution in [-0.4, -0.2) is 31.1 Å². The van der Waals surface area contributed by atoms with E-state index in [0.717, 1.165) is 19.3 Å². The van der Waals surface area contributed by atoms with Gasteiger partial charge in [0, 0.05) is 30.6 Å². The van der Waals surface area contributed by atoms with Crippen LogP contribution in [0.5, 0.6) is 0 Å². The van der Waals surface area contributed by atoms with Gasteiger partial charge in [-0.1, -0.05) is 0 Å². The molecule has 11 heteroatoms. The van der Waals surface area contributed by atoms with Gasteiger partial charge in [-0.25, -0.2) is 14.0 Å². The summed E-state index contributed by atoms with van der Waals surface area (Å²) in [6.45, 7) is 0.313. The molecule has 7 nitrogen and oxygen atoms in total. The molecule has 3 atom stereocenters. The van der Waals surface area contributed by atoms with E-state index >= 15 is 0 Å². The monoisotopic (exact) mass is 453 g/mol. The van der Waals surface area contributed by atoms with Gasteiger partial charge in [-0.2, -0.15) is 18.3 Å². The zero-order chi connectivity index (χ0) is 22.2. The fourth-order valence-corrected chi connectivity index (χ4v) is 5.22. The Morgan fingerprint density at radius 1 is 1.39 bits per heavy atom. The fourth-order valence-electron chi connectivity index (χ4n) is 4.60. The number of nitrogens with zero attached hydrogens (tertiary/aromatic N) is 3. The molecule has 3 unspecified atom stereocenters. The summed E-state index contributed by atoms with van der Waals surface area (Å²) in [5.41, 5.74) is -1.34. The van der Waals surface area contributed by atoms with Gasteiger partial charge in [-0.15, -0.1) is 0 Å². The van der Waals surface area contributed by atoms with E-state index in [1.807, 2.05) is 0 Å². The molecule has 3 fully saturated rings. The second-order valence-corrected chi connectivity index (χ2v) is 11.1. The Labute approximate surface area is 177 Å². The molecule has 2 N–H and O–H groups in total. The summed E-state index contributed by atoms with van der Waals surface area (Å²) in [5, 5.41) is 6.73. The summed E-state index contributed by atoms with van der Waals surface area (Å²) in [5.74, 6) is -0.660. The van der Waals surface area contributed by atoms with E-state index < -0.39 is 33.1 Å². The molecule has 1 amide bonds. The van der Waals surface area contributed by atoms with Gasteiger partial charge >= 0.3 is 6.18 Å². The normalized spacial score (nSPS) is 26.5. The minimum Gasteiger partial charge on any atom is -0.320 e. The minimum atomic E-state index is -4.70. The van der Waals surface area contributed by atoms with Gasteiger partial charge in [0.1, 0.15) is 16.3 Å².